The van der Waals surface area contributed by atoms with Crippen molar-refractivity contribution < 1.29 is 14.5 Å². The highest BCUT2D eigenvalue weighted by Gasteiger charge is 2.49. The number of hydrogen-bond donors (Lipinski definition) is 1. The van der Waals surface area contributed by atoms with E-state index in [9.17, 15) is 19.7 Å². The van der Waals surface area contributed by atoms with E-state index in [1.54, 1.807) is 24.3 Å². The van der Waals surface area contributed by atoms with Gasteiger partial charge < -0.3 is 5.32 Å². The zero-order chi connectivity index (χ0) is 20.5. The Morgan fingerprint density at radius 3 is 2.24 bits per heavy atom. The minimum absolute atomic E-state index is 0.174. The van der Waals surface area contributed by atoms with Crippen molar-refractivity contribution in [2.45, 2.75) is 32.2 Å². The van der Waals surface area contributed by atoms with Crippen LogP contribution in [-0.2, 0) is 16.1 Å². The van der Waals surface area contributed by atoms with E-state index in [2.05, 4.69) is 5.32 Å². The van der Waals surface area contributed by atoms with E-state index in [4.69, 9.17) is 11.6 Å². The number of carbonyl (C=O) groups is 2. The summed E-state index contributed by atoms with van der Waals surface area (Å²) < 4.78 is 0. The maximum absolute atomic E-state index is 12.8. The molecule has 1 saturated carbocycles. The summed E-state index contributed by atoms with van der Waals surface area (Å²) in [5, 5.41) is 15.3. The third-order valence-electron chi connectivity index (χ3n) is 5.67. The highest BCUT2D eigenvalue weighted by molar-refractivity contribution is 6.30. The van der Waals surface area contributed by atoms with Crippen molar-refractivity contribution in [2.75, 3.05) is 10.2 Å². The van der Waals surface area contributed by atoms with Crippen LogP contribution in [0.5, 0.6) is 0 Å². The SMILES string of the molecule is O=C1[C@H]2CCCC[C@@H]2C(=O)N1c1ccc(NCc2ccc(Cl)cc2)c([N+](=O)[O-])c1. The molecule has 7 nitrogen and oxygen atoms in total. The lowest BCUT2D eigenvalue weighted by atomic mass is 9.81. The molecule has 0 aromatic heterocycles. The molecule has 0 spiro atoms. The van der Waals surface area contributed by atoms with E-state index in [0.29, 0.717) is 30.1 Å². The molecular weight excluding hydrogens is 394 g/mol. The summed E-state index contributed by atoms with van der Waals surface area (Å²) in [6.07, 6.45) is 3.27. The molecule has 29 heavy (non-hydrogen) atoms. The first kappa shape index (κ1) is 19.4. The number of nitrogens with one attached hydrogen (secondary N) is 1. The monoisotopic (exact) mass is 413 g/mol. The number of halogens is 1. The Morgan fingerprint density at radius 1 is 1.03 bits per heavy atom. The Labute approximate surface area is 172 Å². The zero-order valence-corrected chi connectivity index (χ0v) is 16.4. The van der Waals surface area contributed by atoms with Gasteiger partial charge >= 0.3 is 0 Å². The van der Waals surface area contributed by atoms with Crippen molar-refractivity contribution in [3.05, 3.63) is 63.2 Å². The Morgan fingerprint density at radius 2 is 1.66 bits per heavy atom. The van der Waals surface area contributed by atoms with Crippen LogP contribution in [0.2, 0.25) is 5.02 Å². The molecule has 150 valence electrons. The summed E-state index contributed by atoms with van der Waals surface area (Å²) in [7, 11) is 0. The summed E-state index contributed by atoms with van der Waals surface area (Å²) in [6, 6.07) is 11.6. The Bertz CT molecular complexity index is 952. The normalized spacial score (nSPS) is 21.2. The van der Waals surface area contributed by atoms with Crippen LogP contribution in [0, 0.1) is 22.0 Å². The predicted octanol–water partition coefficient (Wildman–Crippen LogP) is 4.54. The quantitative estimate of drug-likeness (QED) is 0.441. The van der Waals surface area contributed by atoms with Crippen molar-refractivity contribution in [1.29, 1.82) is 0 Å². The molecule has 2 atom stereocenters. The van der Waals surface area contributed by atoms with Gasteiger partial charge in [0.15, 0.2) is 0 Å². The van der Waals surface area contributed by atoms with Crippen molar-refractivity contribution in [1.82, 2.24) is 0 Å². The molecule has 2 aromatic carbocycles. The topological polar surface area (TPSA) is 92.6 Å². The van der Waals surface area contributed by atoms with Gasteiger partial charge in [0.1, 0.15) is 5.69 Å². The zero-order valence-electron chi connectivity index (χ0n) is 15.6. The highest BCUT2D eigenvalue weighted by Crippen LogP contribution is 2.41. The maximum Gasteiger partial charge on any atom is 0.294 e. The number of imide groups is 1. The first-order valence-electron chi connectivity index (χ1n) is 9.60. The average molecular weight is 414 g/mol. The van der Waals surface area contributed by atoms with Gasteiger partial charge in [0.25, 0.3) is 5.69 Å². The lowest BCUT2D eigenvalue weighted by Crippen LogP contribution is -2.30. The number of benzene rings is 2. The van der Waals surface area contributed by atoms with Gasteiger partial charge in [0.2, 0.25) is 11.8 Å². The maximum atomic E-state index is 12.8. The largest absolute Gasteiger partial charge is 0.375 e. The average Bonchev–Trinajstić information content (AvgIpc) is 2.98. The second kappa shape index (κ2) is 7.83. The molecule has 0 unspecified atom stereocenters. The number of amides is 2. The van der Waals surface area contributed by atoms with Crippen LogP contribution in [0.15, 0.2) is 42.5 Å². The fourth-order valence-electron chi connectivity index (χ4n) is 4.18. The van der Waals surface area contributed by atoms with Crippen LogP contribution >= 0.6 is 11.6 Å². The number of nitro groups is 1. The lowest BCUT2D eigenvalue weighted by Gasteiger charge is -2.19. The van der Waals surface area contributed by atoms with Crippen molar-refractivity contribution in [3.63, 3.8) is 0 Å². The molecule has 0 bridgehead atoms. The number of rotatable bonds is 5. The molecule has 1 aliphatic carbocycles. The minimum atomic E-state index is -0.508. The number of anilines is 2. The van der Waals surface area contributed by atoms with Crippen LogP contribution < -0.4 is 10.2 Å². The summed E-state index contributed by atoms with van der Waals surface area (Å²) in [5.74, 6) is -1.07. The third kappa shape index (κ3) is 3.70. The van der Waals surface area contributed by atoms with Crippen LogP contribution in [0.4, 0.5) is 17.1 Å². The fourth-order valence-corrected chi connectivity index (χ4v) is 4.30. The van der Waals surface area contributed by atoms with Crippen LogP contribution in [-0.4, -0.2) is 16.7 Å². The van der Waals surface area contributed by atoms with Crippen molar-refractivity contribution >= 4 is 40.5 Å². The van der Waals surface area contributed by atoms with E-state index < -0.39 is 4.92 Å². The summed E-state index contributed by atoms with van der Waals surface area (Å²) in [6.45, 7) is 0.378. The molecule has 2 aliphatic rings. The summed E-state index contributed by atoms with van der Waals surface area (Å²) >= 11 is 5.87. The molecule has 2 aromatic rings. The molecule has 2 amide bonds. The molecule has 2 fully saturated rings. The number of fused-ring (bicyclic) bond motifs is 1. The molecule has 1 saturated heterocycles. The van der Waals surface area contributed by atoms with Crippen molar-refractivity contribution in [3.8, 4) is 0 Å². The number of carbonyl (C=O) groups excluding carboxylic acids is 2. The standard InChI is InChI=1S/C21H20ClN3O4/c22-14-7-5-13(6-8-14)12-23-18-10-9-15(11-19(18)25(28)29)24-20(26)16-3-1-2-4-17(16)21(24)27/h5-11,16-17,23H,1-4,12H2/t16-,17-/m0/s1. The molecule has 1 N–H and O–H groups in total. The Kier molecular flexibility index (Phi) is 5.24. The van der Waals surface area contributed by atoms with Gasteiger partial charge in [-0.05, 0) is 42.7 Å². The second-order valence-corrected chi connectivity index (χ2v) is 7.88. The first-order valence-corrected chi connectivity index (χ1v) is 9.98. The van der Waals surface area contributed by atoms with Crippen LogP contribution in [0.1, 0.15) is 31.2 Å². The van der Waals surface area contributed by atoms with Gasteiger partial charge in [0, 0.05) is 17.6 Å². The first-order chi connectivity index (χ1) is 14.0. The van der Waals surface area contributed by atoms with Gasteiger partial charge in [-0.1, -0.05) is 36.6 Å². The molecule has 4 rings (SSSR count). The number of nitrogens with zero attached hydrogens (tertiary/aromatic N) is 2. The molecule has 8 heteroatoms. The number of nitro benzene ring substituents is 1. The van der Waals surface area contributed by atoms with E-state index in [0.717, 1.165) is 23.3 Å². The Balaban J connectivity index is 1.59. The van der Waals surface area contributed by atoms with Gasteiger partial charge in [-0.3, -0.25) is 19.7 Å². The smallest absolute Gasteiger partial charge is 0.294 e. The lowest BCUT2D eigenvalue weighted by molar-refractivity contribution is -0.383. The van der Waals surface area contributed by atoms with E-state index >= 15 is 0 Å². The molecule has 1 aliphatic heterocycles. The van der Waals surface area contributed by atoms with E-state index in [1.165, 1.54) is 6.07 Å². The molecule has 0 radical (unpaired) electrons. The minimum Gasteiger partial charge on any atom is -0.375 e. The molecular formula is C21H20ClN3O4. The van der Waals surface area contributed by atoms with Crippen molar-refractivity contribution in [2.24, 2.45) is 11.8 Å². The Hall–Kier alpha value is -2.93. The van der Waals surface area contributed by atoms with Crippen LogP contribution in [0.3, 0.4) is 0 Å². The number of hydrogen-bond acceptors (Lipinski definition) is 5. The van der Waals surface area contributed by atoms with Gasteiger partial charge in [-0.15, -0.1) is 0 Å². The van der Waals surface area contributed by atoms with Gasteiger partial charge in [0.05, 0.1) is 22.4 Å². The second-order valence-electron chi connectivity index (χ2n) is 7.45. The highest BCUT2D eigenvalue weighted by atomic mass is 35.5. The summed E-state index contributed by atoms with van der Waals surface area (Å²) in [4.78, 5) is 37.8. The van der Waals surface area contributed by atoms with Gasteiger partial charge in [-0.2, -0.15) is 0 Å². The summed E-state index contributed by atoms with van der Waals surface area (Å²) in [5.41, 5.74) is 1.33. The predicted molar refractivity (Wildman–Crippen MR) is 110 cm³/mol. The molecule has 1 heterocycles. The van der Waals surface area contributed by atoms with Gasteiger partial charge in [-0.25, -0.2) is 4.90 Å². The van der Waals surface area contributed by atoms with Crippen LogP contribution in [0.25, 0.3) is 0 Å². The van der Waals surface area contributed by atoms with E-state index in [-0.39, 0.29) is 35.0 Å². The third-order valence-corrected chi connectivity index (χ3v) is 5.93. The fraction of sp³-hybridized carbons (Fsp3) is 0.333. The van der Waals surface area contributed by atoms with E-state index in [1.807, 2.05) is 12.1 Å².